The van der Waals surface area contributed by atoms with Crippen molar-refractivity contribution in [3.8, 4) is 0 Å². The van der Waals surface area contributed by atoms with Crippen LogP contribution in [0.1, 0.15) is 47.0 Å². The van der Waals surface area contributed by atoms with E-state index in [1.54, 1.807) is 33.1 Å². The molecule has 1 rings (SSSR count). The first-order valence-electron chi connectivity index (χ1n) is 8.15. The fraction of sp³-hybridized carbons (Fsp3) is 0.722. The van der Waals surface area contributed by atoms with Crippen LogP contribution >= 0.6 is 0 Å². The number of hydrogen-bond donors (Lipinski definition) is 2. The lowest BCUT2D eigenvalue weighted by molar-refractivity contribution is -0.153. The minimum Gasteiger partial charge on any atom is -0.462 e. The van der Waals surface area contributed by atoms with Gasteiger partial charge in [-0.25, -0.2) is 0 Å². The van der Waals surface area contributed by atoms with Crippen LogP contribution in [-0.2, 0) is 14.3 Å². The van der Waals surface area contributed by atoms with Gasteiger partial charge in [0.1, 0.15) is 6.10 Å². The van der Waals surface area contributed by atoms with Crippen molar-refractivity contribution in [1.82, 2.24) is 0 Å². The van der Waals surface area contributed by atoms with Crippen molar-refractivity contribution in [2.45, 2.75) is 70.9 Å². The number of carbonyl (C=O) groups excluding carboxylic acids is 1. The Morgan fingerprint density at radius 1 is 1.39 bits per heavy atom. The fourth-order valence-electron chi connectivity index (χ4n) is 2.47. The SMILES string of the molecule is CO[C@H]1/C=C/[C@@](C)(O)CCC(=O)O[C@H](C)[C@@H](C)C(O)C/C=C/1C. The third-order valence-corrected chi connectivity index (χ3v) is 4.51. The number of cyclic esters (lactones) is 1. The van der Waals surface area contributed by atoms with E-state index in [0.717, 1.165) is 5.57 Å². The fourth-order valence-corrected chi connectivity index (χ4v) is 2.47. The highest BCUT2D eigenvalue weighted by Gasteiger charge is 2.26. The van der Waals surface area contributed by atoms with Crippen molar-refractivity contribution in [3.05, 3.63) is 23.8 Å². The van der Waals surface area contributed by atoms with Crippen molar-refractivity contribution in [2.75, 3.05) is 7.11 Å². The van der Waals surface area contributed by atoms with Gasteiger partial charge < -0.3 is 19.7 Å². The highest BCUT2D eigenvalue weighted by molar-refractivity contribution is 5.69. The Morgan fingerprint density at radius 2 is 2.04 bits per heavy atom. The number of carbonyl (C=O) groups is 1. The predicted octanol–water partition coefficient (Wildman–Crippen LogP) is 2.37. The van der Waals surface area contributed by atoms with E-state index in [9.17, 15) is 15.0 Å². The minimum absolute atomic E-state index is 0.122. The van der Waals surface area contributed by atoms with E-state index in [-0.39, 0.29) is 36.9 Å². The quantitative estimate of drug-likeness (QED) is 0.571. The molecule has 1 heterocycles. The van der Waals surface area contributed by atoms with E-state index < -0.39 is 11.7 Å². The molecule has 1 aliphatic heterocycles. The Labute approximate surface area is 139 Å². The first-order valence-corrected chi connectivity index (χ1v) is 8.15. The van der Waals surface area contributed by atoms with Crippen LogP contribution < -0.4 is 0 Å². The summed E-state index contributed by atoms with van der Waals surface area (Å²) in [6, 6.07) is 0. The highest BCUT2D eigenvalue weighted by Crippen LogP contribution is 2.21. The smallest absolute Gasteiger partial charge is 0.306 e. The molecule has 0 aliphatic carbocycles. The van der Waals surface area contributed by atoms with E-state index in [0.29, 0.717) is 6.42 Å². The molecule has 0 aromatic carbocycles. The van der Waals surface area contributed by atoms with Crippen molar-refractivity contribution in [2.24, 2.45) is 5.92 Å². The summed E-state index contributed by atoms with van der Waals surface area (Å²) < 4.78 is 10.8. The molecule has 2 N–H and O–H groups in total. The van der Waals surface area contributed by atoms with Crippen LogP contribution in [0.15, 0.2) is 23.8 Å². The molecule has 1 aliphatic rings. The molecule has 0 saturated heterocycles. The van der Waals surface area contributed by atoms with Gasteiger partial charge in [0.15, 0.2) is 0 Å². The standard InChI is InChI=1S/C18H30O5/c1-12-6-7-15(19)13(2)14(3)23-17(20)9-11-18(4,21)10-8-16(12)22-5/h6,8,10,13-16,19,21H,7,9,11H2,1-5H3/b10-8+,12-6+/t13-,14-,15?,16+,18-/m1/s1. The Balaban J connectivity index is 3.03. The summed E-state index contributed by atoms with van der Waals surface area (Å²) in [4.78, 5) is 11.9. The highest BCUT2D eigenvalue weighted by atomic mass is 16.5. The van der Waals surface area contributed by atoms with Crippen LogP contribution in [0, 0.1) is 5.92 Å². The lowest BCUT2D eigenvalue weighted by atomic mass is 9.94. The second-order valence-corrected chi connectivity index (χ2v) is 6.68. The van der Waals surface area contributed by atoms with Gasteiger partial charge in [0.05, 0.1) is 17.8 Å². The molecule has 0 bridgehead atoms. The summed E-state index contributed by atoms with van der Waals surface area (Å²) in [5.41, 5.74) is -0.137. The largest absolute Gasteiger partial charge is 0.462 e. The van der Waals surface area contributed by atoms with Crippen molar-refractivity contribution >= 4 is 5.97 Å². The Kier molecular flexibility index (Phi) is 7.45. The summed E-state index contributed by atoms with van der Waals surface area (Å²) in [6.07, 6.45) is 4.96. The predicted molar refractivity (Wildman–Crippen MR) is 88.9 cm³/mol. The second kappa shape index (κ2) is 8.62. The van der Waals surface area contributed by atoms with Crippen LogP contribution in [0.4, 0.5) is 0 Å². The maximum atomic E-state index is 11.9. The number of aliphatic hydroxyl groups is 2. The van der Waals surface area contributed by atoms with E-state index >= 15 is 0 Å². The van der Waals surface area contributed by atoms with Gasteiger partial charge in [0.2, 0.25) is 0 Å². The number of rotatable bonds is 1. The maximum absolute atomic E-state index is 11.9. The van der Waals surface area contributed by atoms with Gasteiger partial charge in [-0.05, 0) is 39.2 Å². The number of hydrogen-bond acceptors (Lipinski definition) is 5. The lowest BCUT2D eigenvalue weighted by Gasteiger charge is -2.26. The maximum Gasteiger partial charge on any atom is 0.306 e. The van der Waals surface area contributed by atoms with E-state index in [2.05, 4.69) is 0 Å². The first kappa shape index (κ1) is 19.9. The molecule has 5 nitrogen and oxygen atoms in total. The molecule has 0 amide bonds. The van der Waals surface area contributed by atoms with Gasteiger partial charge >= 0.3 is 5.97 Å². The molecule has 5 atom stereocenters. The zero-order chi connectivity index (χ0) is 17.6. The monoisotopic (exact) mass is 326 g/mol. The zero-order valence-corrected chi connectivity index (χ0v) is 14.8. The van der Waals surface area contributed by atoms with Crippen LogP contribution in [0.25, 0.3) is 0 Å². The lowest BCUT2D eigenvalue weighted by Crippen LogP contribution is -2.32. The Hall–Kier alpha value is -1.17. The average molecular weight is 326 g/mol. The summed E-state index contributed by atoms with van der Waals surface area (Å²) >= 11 is 0. The molecular weight excluding hydrogens is 296 g/mol. The van der Waals surface area contributed by atoms with Gasteiger partial charge in [-0.1, -0.05) is 25.2 Å². The summed E-state index contributed by atoms with van der Waals surface area (Å²) in [5.74, 6) is -0.541. The number of ether oxygens (including phenoxy) is 2. The molecule has 0 aromatic heterocycles. The van der Waals surface area contributed by atoms with Crippen molar-refractivity contribution in [1.29, 1.82) is 0 Å². The van der Waals surface area contributed by atoms with Gasteiger partial charge in [-0.3, -0.25) is 4.79 Å². The topological polar surface area (TPSA) is 76.0 Å². The molecule has 0 radical (unpaired) electrons. The third-order valence-electron chi connectivity index (χ3n) is 4.51. The molecule has 0 fully saturated rings. The van der Waals surface area contributed by atoms with Crippen LogP contribution in [-0.4, -0.2) is 47.2 Å². The van der Waals surface area contributed by atoms with E-state index in [1.165, 1.54) is 0 Å². The third kappa shape index (κ3) is 6.45. The van der Waals surface area contributed by atoms with Crippen LogP contribution in [0.3, 0.4) is 0 Å². The Morgan fingerprint density at radius 3 is 2.65 bits per heavy atom. The molecule has 5 heteroatoms. The Bertz CT molecular complexity index is 452. The molecule has 132 valence electrons. The van der Waals surface area contributed by atoms with Gasteiger partial charge in [0, 0.05) is 19.4 Å². The number of methoxy groups -OCH3 is 1. The number of aliphatic hydroxyl groups excluding tert-OH is 1. The van der Waals surface area contributed by atoms with Gasteiger partial charge in [-0.15, -0.1) is 0 Å². The normalized spacial score (nSPS) is 41.3. The molecule has 23 heavy (non-hydrogen) atoms. The van der Waals surface area contributed by atoms with Crippen LogP contribution in [0.2, 0.25) is 0 Å². The molecule has 0 aromatic rings. The average Bonchev–Trinajstić information content (AvgIpc) is 2.49. The second-order valence-electron chi connectivity index (χ2n) is 6.68. The van der Waals surface area contributed by atoms with Crippen LogP contribution in [0.5, 0.6) is 0 Å². The van der Waals surface area contributed by atoms with E-state index in [4.69, 9.17) is 9.47 Å². The van der Waals surface area contributed by atoms with Gasteiger partial charge in [-0.2, -0.15) is 0 Å². The molecule has 0 spiro atoms. The first-order chi connectivity index (χ1) is 10.7. The minimum atomic E-state index is -1.10. The summed E-state index contributed by atoms with van der Waals surface area (Å²) in [5, 5.41) is 20.6. The van der Waals surface area contributed by atoms with Crippen molar-refractivity contribution in [3.63, 3.8) is 0 Å². The summed E-state index contributed by atoms with van der Waals surface area (Å²) in [6.45, 7) is 7.23. The summed E-state index contributed by atoms with van der Waals surface area (Å²) in [7, 11) is 1.60. The van der Waals surface area contributed by atoms with Gasteiger partial charge in [0.25, 0.3) is 0 Å². The molecular formula is C18H30O5. The number of esters is 1. The zero-order valence-electron chi connectivity index (χ0n) is 14.8. The molecule has 0 saturated carbocycles. The molecule has 1 unspecified atom stereocenters. The van der Waals surface area contributed by atoms with E-state index in [1.807, 2.05) is 19.9 Å². The van der Waals surface area contributed by atoms with Crippen molar-refractivity contribution < 1.29 is 24.5 Å².